The van der Waals surface area contributed by atoms with Gasteiger partial charge in [0.2, 0.25) is 0 Å². The summed E-state index contributed by atoms with van der Waals surface area (Å²) in [6.07, 6.45) is 7.30. The lowest BCUT2D eigenvalue weighted by molar-refractivity contribution is -0.115. The number of nitrogens with two attached hydrogens (primary N) is 1. The Morgan fingerprint density at radius 2 is 1.74 bits per heavy atom. The van der Waals surface area contributed by atoms with Crippen molar-refractivity contribution in [1.82, 2.24) is 0 Å². The molecule has 0 aliphatic heterocycles. The quantitative estimate of drug-likeness (QED) is 0.183. The van der Waals surface area contributed by atoms with E-state index >= 15 is 0 Å². The van der Waals surface area contributed by atoms with Gasteiger partial charge in [-0.25, -0.2) is 0 Å². The highest BCUT2D eigenvalue weighted by Crippen LogP contribution is 2.33. The number of aliphatic hydroxyl groups is 1. The number of hydrogen-bond donors (Lipinski definition) is 3. The average molecular weight is 421 g/mol. The lowest BCUT2D eigenvalue weighted by Gasteiger charge is -2.28. The van der Waals surface area contributed by atoms with E-state index in [4.69, 9.17) is 5.73 Å². The number of carbonyl (C=O) groups excluding carboxylic acids is 2. The van der Waals surface area contributed by atoms with E-state index < -0.39 is 11.4 Å². The summed E-state index contributed by atoms with van der Waals surface area (Å²) < 4.78 is 0. The highest BCUT2D eigenvalue weighted by molar-refractivity contribution is 6.17. The van der Waals surface area contributed by atoms with E-state index in [0.29, 0.717) is 30.7 Å². The van der Waals surface area contributed by atoms with Crippen LogP contribution in [-0.4, -0.2) is 22.8 Å². The maximum atomic E-state index is 12.8. The molecule has 0 spiro atoms. The zero-order valence-electron chi connectivity index (χ0n) is 18.1. The zero-order chi connectivity index (χ0) is 22.3. The summed E-state index contributed by atoms with van der Waals surface area (Å²) in [4.78, 5) is 24.5. The number of aldehydes is 1. The van der Waals surface area contributed by atoms with Gasteiger partial charge in [-0.05, 0) is 54.9 Å². The summed E-state index contributed by atoms with van der Waals surface area (Å²) in [7, 11) is 0. The van der Waals surface area contributed by atoms with Gasteiger partial charge in [0.05, 0.1) is 5.54 Å². The molecular weight excluding hydrogens is 388 g/mol. The Labute approximate surface area is 184 Å². The van der Waals surface area contributed by atoms with Crippen molar-refractivity contribution in [2.75, 3.05) is 5.32 Å². The molecule has 1 atom stereocenters. The minimum Gasteiger partial charge on any atom is -0.509 e. The van der Waals surface area contributed by atoms with Crippen LogP contribution in [-0.2, 0) is 16.0 Å². The van der Waals surface area contributed by atoms with Gasteiger partial charge in [-0.15, -0.1) is 0 Å². The van der Waals surface area contributed by atoms with Crippen molar-refractivity contribution in [2.24, 2.45) is 5.73 Å². The summed E-state index contributed by atoms with van der Waals surface area (Å²) in [5, 5.41) is 13.5. The summed E-state index contributed by atoms with van der Waals surface area (Å²) in [5.74, 6) is -0.465. The van der Waals surface area contributed by atoms with Crippen LogP contribution in [0, 0.1) is 0 Å². The Balaban J connectivity index is 1.75. The summed E-state index contributed by atoms with van der Waals surface area (Å²) in [5.41, 5.74) is 7.67. The van der Waals surface area contributed by atoms with E-state index in [9.17, 15) is 14.7 Å². The molecule has 0 radical (unpaired) electrons. The highest BCUT2D eigenvalue weighted by atomic mass is 16.3. The van der Waals surface area contributed by atoms with E-state index in [0.717, 1.165) is 5.56 Å². The van der Waals surface area contributed by atoms with Crippen LogP contribution in [0.5, 0.6) is 0 Å². The number of aliphatic hydroxyl groups excluding tert-OH is 1. The van der Waals surface area contributed by atoms with Crippen LogP contribution in [0.1, 0.15) is 62.5 Å². The van der Waals surface area contributed by atoms with Crippen LogP contribution in [0.2, 0.25) is 0 Å². The number of nitrogens with one attached hydrogen (secondary N) is 1. The summed E-state index contributed by atoms with van der Waals surface area (Å²) in [6.45, 7) is 1.82. The number of rotatable bonds is 8. The molecule has 1 aliphatic rings. The molecule has 31 heavy (non-hydrogen) atoms. The van der Waals surface area contributed by atoms with E-state index in [1.807, 2.05) is 61.5 Å². The van der Waals surface area contributed by atoms with Crippen LogP contribution >= 0.6 is 0 Å². The second-order valence-electron chi connectivity index (χ2n) is 8.46. The third-order valence-corrected chi connectivity index (χ3v) is 6.33. The molecule has 1 saturated carbocycles. The van der Waals surface area contributed by atoms with Gasteiger partial charge < -0.3 is 16.2 Å². The zero-order valence-corrected chi connectivity index (χ0v) is 18.1. The second-order valence-corrected chi connectivity index (χ2v) is 8.46. The normalized spacial score (nSPS) is 17.4. The molecule has 0 saturated heterocycles. The molecule has 2 aromatic rings. The van der Waals surface area contributed by atoms with Crippen molar-refractivity contribution in [3.63, 3.8) is 0 Å². The molecule has 0 bridgehead atoms. The van der Waals surface area contributed by atoms with Crippen molar-refractivity contribution in [3.8, 4) is 0 Å². The smallest absolute Gasteiger partial charge is 0.262 e. The molecule has 0 aromatic heterocycles. The van der Waals surface area contributed by atoms with E-state index in [1.54, 1.807) is 0 Å². The first-order valence-corrected chi connectivity index (χ1v) is 11.1. The SMILES string of the molecule is CCC(N)(Cc1ccccc1)/C(O)=C(\C=O)C(=O)Nc1ccc(C2CCCCC2)cc1. The number of benzene rings is 2. The van der Waals surface area contributed by atoms with Gasteiger partial charge in [-0.2, -0.15) is 0 Å². The molecule has 4 N–H and O–H groups in total. The average Bonchev–Trinajstić information content (AvgIpc) is 2.81. The van der Waals surface area contributed by atoms with Crippen LogP contribution in [0.3, 0.4) is 0 Å². The van der Waals surface area contributed by atoms with Gasteiger partial charge >= 0.3 is 0 Å². The van der Waals surface area contributed by atoms with Crippen molar-refractivity contribution >= 4 is 17.9 Å². The number of amides is 1. The molecule has 164 valence electrons. The molecule has 1 amide bonds. The molecule has 5 nitrogen and oxygen atoms in total. The Bertz CT molecular complexity index is 915. The first-order chi connectivity index (χ1) is 15.0. The fraction of sp³-hybridized carbons (Fsp3) is 0.385. The van der Waals surface area contributed by atoms with E-state index in [2.05, 4.69) is 5.32 Å². The molecule has 3 rings (SSSR count). The number of anilines is 1. The Hall–Kier alpha value is -2.92. The maximum absolute atomic E-state index is 12.8. The topological polar surface area (TPSA) is 92.4 Å². The predicted molar refractivity (Wildman–Crippen MR) is 124 cm³/mol. The molecule has 2 aromatic carbocycles. The van der Waals surface area contributed by atoms with Crippen molar-refractivity contribution < 1.29 is 14.7 Å². The molecule has 1 fully saturated rings. The maximum Gasteiger partial charge on any atom is 0.262 e. The van der Waals surface area contributed by atoms with Gasteiger partial charge in [0.25, 0.3) is 5.91 Å². The molecular formula is C26H32N2O3. The van der Waals surface area contributed by atoms with Gasteiger partial charge in [-0.1, -0.05) is 68.7 Å². The Morgan fingerprint density at radius 1 is 1.10 bits per heavy atom. The molecule has 5 heteroatoms. The van der Waals surface area contributed by atoms with Gasteiger partial charge in [0, 0.05) is 5.69 Å². The predicted octanol–water partition coefficient (Wildman–Crippen LogP) is 5.03. The van der Waals surface area contributed by atoms with Crippen molar-refractivity contribution in [1.29, 1.82) is 0 Å². The Kier molecular flexibility index (Phi) is 7.64. The van der Waals surface area contributed by atoms with Crippen molar-refractivity contribution in [2.45, 2.75) is 63.3 Å². The van der Waals surface area contributed by atoms with Gasteiger partial charge in [0.15, 0.2) is 6.29 Å². The first kappa shape index (κ1) is 22.8. The summed E-state index contributed by atoms with van der Waals surface area (Å²) >= 11 is 0. The molecule has 1 aliphatic carbocycles. The third-order valence-electron chi connectivity index (χ3n) is 6.33. The minimum absolute atomic E-state index is 0.316. The molecule has 0 heterocycles. The number of hydrogen-bond acceptors (Lipinski definition) is 4. The standard InChI is InChI=1S/C26H32N2O3/c1-2-26(27,17-19-9-5-3-6-10-19)24(30)23(18-29)25(31)28-22-15-13-21(14-16-22)20-11-7-4-8-12-20/h3,5-6,9-10,13-16,18,20,30H,2,4,7-8,11-12,17,27H2,1H3,(H,28,31)/b24-23-. The van der Waals surface area contributed by atoms with E-state index in [-0.39, 0.29) is 11.3 Å². The van der Waals surface area contributed by atoms with Crippen LogP contribution in [0.4, 0.5) is 5.69 Å². The lowest BCUT2D eigenvalue weighted by atomic mass is 9.84. The summed E-state index contributed by atoms with van der Waals surface area (Å²) in [6, 6.07) is 17.2. The second kappa shape index (κ2) is 10.4. The van der Waals surface area contributed by atoms with Gasteiger partial charge in [0.1, 0.15) is 11.3 Å². The first-order valence-electron chi connectivity index (χ1n) is 11.1. The Morgan fingerprint density at radius 3 is 2.32 bits per heavy atom. The number of carbonyl (C=O) groups is 2. The van der Waals surface area contributed by atoms with Crippen LogP contribution in [0.15, 0.2) is 65.9 Å². The van der Waals surface area contributed by atoms with Crippen LogP contribution < -0.4 is 11.1 Å². The third kappa shape index (κ3) is 5.61. The van der Waals surface area contributed by atoms with Crippen molar-refractivity contribution in [3.05, 3.63) is 77.1 Å². The minimum atomic E-state index is -1.21. The monoisotopic (exact) mass is 420 g/mol. The fourth-order valence-electron chi connectivity index (χ4n) is 4.29. The highest BCUT2D eigenvalue weighted by Gasteiger charge is 2.33. The largest absolute Gasteiger partial charge is 0.509 e. The van der Waals surface area contributed by atoms with Crippen LogP contribution in [0.25, 0.3) is 0 Å². The fourth-order valence-corrected chi connectivity index (χ4v) is 4.29. The van der Waals surface area contributed by atoms with Gasteiger partial charge in [-0.3, -0.25) is 9.59 Å². The molecule has 1 unspecified atom stereocenters. The van der Waals surface area contributed by atoms with E-state index in [1.165, 1.54) is 37.7 Å². The lowest BCUT2D eigenvalue weighted by Crippen LogP contribution is -2.45.